The third kappa shape index (κ3) is 2.77. The second kappa shape index (κ2) is 6.01. The molecule has 0 aromatic heterocycles. The van der Waals surface area contributed by atoms with E-state index >= 15 is 0 Å². The van der Waals surface area contributed by atoms with Crippen LogP contribution in [-0.4, -0.2) is 6.47 Å². The van der Waals surface area contributed by atoms with E-state index < -0.39 is 0 Å². The molecule has 0 amide bonds. The minimum Gasteiger partial charge on any atom is -0.463 e. The molecule has 2 aromatic carbocycles. The molecule has 2 aromatic rings. The number of hydrogen-bond acceptors (Lipinski definition) is 2. The Balaban J connectivity index is 2.34. The first-order chi connectivity index (χ1) is 8.85. The number of hydrogen-bond donors (Lipinski definition) is 0. The maximum absolute atomic E-state index is 10.2. The first kappa shape index (κ1) is 12.4. The lowest BCUT2D eigenvalue weighted by Crippen LogP contribution is -1.94. The first-order valence-electron chi connectivity index (χ1n) is 6.07. The standard InChI is InChI=1S/C16H16O2/c1-2-14-10-13(11-18-12-17)8-9-16(14)15-6-4-3-5-7-15/h3-10,12H,2,11H2,1H3. The number of ether oxygens (including phenoxy) is 1. The highest BCUT2D eigenvalue weighted by molar-refractivity contribution is 5.67. The smallest absolute Gasteiger partial charge is 0.293 e. The van der Waals surface area contributed by atoms with E-state index in [2.05, 4.69) is 31.2 Å². The predicted molar refractivity (Wildman–Crippen MR) is 72.1 cm³/mol. The van der Waals surface area contributed by atoms with Gasteiger partial charge < -0.3 is 4.74 Å². The zero-order chi connectivity index (χ0) is 12.8. The van der Waals surface area contributed by atoms with E-state index in [1.54, 1.807) is 0 Å². The summed E-state index contributed by atoms with van der Waals surface area (Å²) in [6.45, 7) is 2.95. The molecule has 0 spiro atoms. The fourth-order valence-corrected chi connectivity index (χ4v) is 2.06. The van der Waals surface area contributed by atoms with Gasteiger partial charge in [0.25, 0.3) is 6.47 Å². The van der Waals surface area contributed by atoms with Crippen molar-refractivity contribution in [3.8, 4) is 11.1 Å². The Morgan fingerprint density at radius 2 is 1.89 bits per heavy atom. The second-order valence-electron chi connectivity index (χ2n) is 4.12. The number of rotatable bonds is 5. The van der Waals surface area contributed by atoms with Crippen molar-refractivity contribution in [3.63, 3.8) is 0 Å². The highest BCUT2D eigenvalue weighted by Gasteiger charge is 2.04. The monoisotopic (exact) mass is 240 g/mol. The Morgan fingerprint density at radius 1 is 1.11 bits per heavy atom. The molecule has 0 radical (unpaired) electrons. The molecule has 0 saturated heterocycles. The van der Waals surface area contributed by atoms with Gasteiger partial charge in [-0.3, -0.25) is 4.79 Å². The number of carbonyl (C=O) groups excluding carboxylic acids is 1. The lowest BCUT2D eigenvalue weighted by molar-refractivity contribution is -0.129. The van der Waals surface area contributed by atoms with Gasteiger partial charge >= 0.3 is 0 Å². The quantitative estimate of drug-likeness (QED) is 0.746. The van der Waals surface area contributed by atoms with Crippen molar-refractivity contribution < 1.29 is 9.53 Å². The van der Waals surface area contributed by atoms with Crippen LogP contribution < -0.4 is 0 Å². The van der Waals surface area contributed by atoms with Gasteiger partial charge in [-0.25, -0.2) is 0 Å². The second-order valence-corrected chi connectivity index (χ2v) is 4.12. The van der Waals surface area contributed by atoms with Gasteiger partial charge in [-0.05, 0) is 28.7 Å². The third-order valence-corrected chi connectivity index (χ3v) is 2.95. The summed E-state index contributed by atoms with van der Waals surface area (Å²) in [5, 5.41) is 0. The van der Waals surface area contributed by atoms with Crippen LogP contribution in [0.4, 0.5) is 0 Å². The summed E-state index contributed by atoms with van der Waals surface area (Å²) in [5.41, 5.74) is 4.76. The molecule has 2 rings (SSSR count). The van der Waals surface area contributed by atoms with Crippen LogP contribution in [0.15, 0.2) is 48.5 Å². The first-order valence-corrected chi connectivity index (χ1v) is 6.07. The summed E-state index contributed by atoms with van der Waals surface area (Å²) in [4.78, 5) is 10.2. The highest BCUT2D eigenvalue weighted by atomic mass is 16.5. The number of benzene rings is 2. The van der Waals surface area contributed by atoms with Crippen molar-refractivity contribution in [2.45, 2.75) is 20.0 Å². The molecule has 0 heterocycles. The van der Waals surface area contributed by atoms with E-state index in [9.17, 15) is 4.79 Å². The third-order valence-electron chi connectivity index (χ3n) is 2.95. The largest absolute Gasteiger partial charge is 0.463 e. The van der Waals surface area contributed by atoms with E-state index in [1.807, 2.05) is 24.3 Å². The minimum atomic E-state index is 0.339. The molecule has 0 aliphatic rings. The van der Waals surface area contributed by atoms with Gasteiger partial charge in [0.15, 0.2) is 0 Å². The normalized spacial score (nSPS) is 10.1. The fraction of sp³-hybridized carbons (Fsp3) is 0.188. The molecule has 0 saturated carbocycles. The SMILES string of the molecule is CCc1cc(COC=O)ccc1-c1ccccc1. The molecule has 92 valence electrons. The Hall–Kier alpha value is -2.09. The van der Waals surface area contributed by atoms with E-state index in [0.29, 0.717) is 13.1 Å². The summed E-state index contributed by atoms with van der Waals surface area (Å²) >= 11 is 0. The molecule has 0 N–H and O–H groups in total. The van der Waals surface area contributed by atoms with Crippen molar-refractivity contribution >= 4 is 6.47 Å². The number of aryl methyl sites for hydroxylation is 1. The average Bonchev–Trinajstić information content (AvgIpc) is 2.45. The van der Waals surface area contributed by atoms with Crippen molar-refractivity contribution in [1.82, 2.24) is 0 Å². The predicted octanol–water partition coefficient (Wildman–Crippen LogP) is 3.59. The summed E-state index contributed by atoms with van der Waals surface area (Å²) < 4.78 is 4.78. The average molecular weight is 240 g/mol. The van der Waals surface area contributed by atoms with Gasteiger partial charge in [0.05, 0.1) is 0 Å². The molecule has 0 unspecified atom stereocenters. The molecule has 0 aliphatic carbocycles. The van der Waals surface area contributed by atoms with Gasteiger partial charge in [-0.2, -0.15) is 0 Å². The summed E-state index contributed by atoms with van der Waals surface area (Å²) in [6.07, 6.45) is 0.957. The Bertz CT molecular complexity index is 518. The lowest BCUT2D eigenvalue weighted by atomic mass is 9.96. The van der Waals surface area contributed by atoms with E-state index in [1.165, 1.54) is 16.7 Å². The zero-order valence-electron chi connectivity index (χ0n) is 10.4. The van der Waals surface area contributed by atoms with Crippen LogP contribution in [0.25, 0.3) is 11.1 Å². The Labute approximate surface area is 107 Å². The van der Waals surface area contributed by atoms with Gasteiger partial charge in [0, 0.05) is 0 Å². The molecule has 0 aliphatic heterocycles. The van der Waals surface area contributed by atoms with Crippen LogP contribution in [0.5, 0.6) is 0 Å². The Kier molecular flexibility index (Phi) is 4.13. The maximum atomic E-state index is 10.2. The molecule has 0 atom stereocenters. The fourth-order valence-electron chi connectivity index (χ4n) is 2.06. The zero-order valence-corrected chi connectivity index (χ0v) is 10.4. The lowest BCUT2D eigenvalue weighted by Gasteiger charge is -2.10. The maximum Gasteiger partial charge on any atom is 0.293 e. The molecule has 0 bridgehead atoms. The molecule has 0 fully saturated rings. The van der Waals surface area contributed by atoms with Crippen LogP contribution in [0.2, 0.25) is 0 Å². The van der Waals surface area contributed by atoms with Gasteiger partial charge in [-0.1, -0.05) is 55.5 Å². The summed E-state index contributed by atoms with van der Waals surface area (Å²) in [6, 6.07) is 16.5. The van der Waals surface area contributed by atoms with Gasteiger partial charge in [-0.15, -0.1) is 0 Å². The van der Waals surface area contributed by atoms with E-state index in [-0.39, 0.29) is 0 Å². The van der Waals surface area contributed by atoms with Crippen molar-refractivity contribution in [2.75, 3.05) is 0 Å². The van der Waals surface area contributed by atoms with Crippen LogP contribution in [0.1, 0.15) is 18.1 Å². The highest BCUT2D eigenvalue weighted by Crippen LogP contribution is 2.25. The summed E-state index contributed by atoms with van der Waals surface area (Å²) in [5.74, 6) is 0. The van der Waals surface area contributed by atoms with Crippen molar-refractivity contribution in [2.24, 2.45) is 0 Å². The summed E-state index contributed by atoms with van der Waals surface area (Å²) in [7, 11) is 0. The van der Waals surface area contributed by atoms with Gasteiger partial charge in [0.1, 0.15) is 6.61 Å². The topological polar surface area (TPSA) is 26.3 Å². The Morgan fingerprint density at radius 3 is 2.56 bits per heavy atom. The molecule has 2 heteroatoms. The van der Waals surface area contributed by atoms with E-state index in [4.69, 9.17) is 4.74 Å². The molecular formula is C16H16O2. The van der Waals surface area contributed by atoms with Crippen LogP contribution in [0, 0.1) is 0 Å². The van der Waals surface area contributed by atoms with Crippen LogP contribution in [0.3, 0.4) is 0 Å². The minimum absolute atomic E-state index is 0.339. The van der Waals surface area contributed by atoms with Gasteiger partial charge in [0.2, 0.25) is 0 Å². The van der Waals surface area contributed by atoms with Crippen LogP contribution >= 0.6 is 0 Å². The van der Waals surface area contributed by atoms with Crippen LogP contribution in [-0.2, 0) is 22.6 Å². The number of carbonyl (C=O) groups is 1. The van der Waals surface area contributed by atoms with Crippen molar-refractivity contribution in [1.29, 1.82) is 0 Å². The van der Waals surface area contributed by atoms with E-state index in [0.717, 1.165) is 12.0 Å². The molecule has 18 heavy (non-hydrogen) atoms. The molecular weight excluding hydrogens is 224 g/mol. The van der Waals surface area contributed by atoms with Crippen molar-refractivity contribution in [3.05, 3.63) is 59.7 Å². The molecule has 2 nitrogen and oxygen atoms in total.